The van der Waals surface area contributed by atoms with Crippen molar-refractivity contribution in [2.75, 3.05) is 5.32 Å². The van der Waals surface area contributed by atoms with Crippen LogP contribution in [0.4, 0.5) is 18.9 Å². The van der Waals surface area contributed by atoms with Crippen molar-refractivity contribution in [2.45, 2.75) is 12.6 Å². The van der Waals surface area contributed by atoms with Crippen molar-refractivity contribution in [3.8, 4) is 0 Å². The first-order valence-corrected chi connectivity index (χ1v) is 6.04. The molecule has 0 saturated heterocycles. The first-order valence-electron chi connectivity index (χ1n) is 6.04. The van der Waals surface area contributed by atoms with Crippen LogP contribution in [0.15, 0.2) is 42.5 Å². The number of halogens is 3. The summed E-state index contributed by atoms with van der Waals surface area (Å²) >= 11 is 0. The van der Waals surface area contributed by atoms with Crippen LogP contribution in [0, 0.1) is 0 Å². The Bertz CT molecular complexity index is 692. The number of amides is 1. The molecule has 2 nitrogen and oxygen atoms in total. The topological polar surface area (TPSA) is 29.1 Å². The van der Waals surface area contributed by atoms with Gasteiger partial charge in [0.2, 0.25) is 0 Å². The summed E-state index contributed by atoms with van der Waals surface area (Å²) in [6, 6.07) is 10.5. The molecule has 0 aromatic heterocycles. The van der Waals surface area contributed by atoms with Gasteiger partial charge in [0.15, 0.2) is 0 Å². The average molecular weight is 277 g/mol. The molecule has 102 valence electrons. The second kappa shape index (κ2) is 4.37. The molecule has 1 N–H and O–H groups in total. The molecular formula is C15H10F3NO. The van der Waals surface area contributed by atoms with E-state index in [0.29, 0.717) is 17.7 Å². The van der Waals surface area contributed by atoms with Crippen LogP contribution in [0.25, 0.3) is 0 Å². The van der Waals surface area contributed by atoms with Crippen LogP contribution in [-0.4, -0.2) is 5.91 Å². The number of benzene rings is 2. The summed E-state index contributed by atoms with van der Waals surface area (Å²) in [5.74, 6) is -0.504. The molecule has 1 aliphatic rings. The van der Waals surface area contributed by atoms with E-state index in [1.54, 1.807) is 12.1 Å². The summed E-state index contributed by atoms with van der Waals surface area (Å²) in [4.78, 5) is 12.1. The minimum atomic E-state index is -4.45. The van der Waals surface area contributed by atoms with E-state index in [4.69, 9.17) is 0 Å². The predicted octanol–water partition coefficient (Wildman–Crippen LogP) is 3.86. The Morgan fingerprint density at radius 1 is 1.00 bits per heavy atom. The van der Waals surface area contributed by atoms with Crippen molar-refractivity contribution >= 4 is 11.6 Å². The lowest BCUT2D eigenvalue weighted by molar-refractivity contribution is -0.137. The Morgan fingerprint density at radius 2 is 1.75 bits per heavy atom. The molecule has 5 heteroatoms. The van der Waals surface area contributed by atoms with Gasteiger partial charge in [0.05, 0.1) is 5.56 Å². The van der Waals surface area contributed by atoms with E-state index in [-0.39, 0.29) is 5.56 Å². The number of fused-ring (bicyclic) bond motifs is 2. The summed E-state index contributed by atoms with van der Waals surface area (Å²) < 4.78 is 38.2. The number of alkyl halides is 3. The standard InChI is InChI=1S/C15H10F3NO/c16-15(17,18)11-6-5-9-7-10-3-1-2-4-13(10)19-14(20)12(9)8-11/h1-6,8H,7H2,(H,19,20). The Hall–Kier alpha value is -2.30. The van der Waals surface area contributed by atoms with E-state index >= 15 is 0 Å². The second-order valence-electron chi connectivity index (χ2n) is 4.66. The van der Waals surface area contributed by atoms with Gasteiger partial charge in [0.1, 0.15) is 0 Å². The van der Waals surface area contributed by atoms with E-state index < -0.39 is 17.6 Å². The summed E-state index contributed by atoms with van der Waals surface area (Å²) in [5, 5.41) is 2.65. The fourth-order valence-corrected chi connectivity index (χ4v) is 2.31. The molecule has 0 aliphatic carbocycles. The number of hydrogen-bond acceptors (Lipinski definition) is 1. The SMILES string of the molecule is O=C1Nc2ccccc2Cc2ccc(C(F)(F)F)cc21. The molecule has 3 rings (SSSR count). The summed E-state index contributed by atoms with van der Waals surface area (Å²) in [7, 11) is 0. The Labute approximate surface area is 113 Å². The fourth-order valence-electron chi connectivity index (χ4n) is 2.31. The van der Waals surface area contributed by atoms with E-state index in [9.17, 15) is 18.0 Å². The van der Waals surface area contributed by atoms with E-state index in [2.05, 4.69) is 5.32 Å². The molecule has 1 amide bonds. The predicted molar refractivity (Wildman–Crippen MR) is 68.6 cm³/mol. The summed E-state index contributed by atoms with van der Waals surface area (Å²) in [5.41, 5.74) is 1.40. The number of carbonyl (C=O) groups excluding carboxylic acids is 1. The second-order valence-corrected chi connectivity index (χ2v) is 4.66. The molecule has 20 heavy (non-hydrogen) atoms. The lowest BCUT2D eigenvalue weighted by Crippen LogP contribution is -2.14. The minimum absolute atomic E-state index is 0.0797. The Balaban J connectivity index is 2.11. The van der Waals surface area contributed by atoms with Gasteiger partial charge in [-0.25, -0.2) is 0 Å². The van der Waals surface area contributed by atoms with Crippen LogP contribution < -0.4 is 5.32 Å². The highest BCUT2D eigenvalue weighted by Gasteiger charge is 2.32. The lowest BCUT2D eigenvalue weighted by Gasteiger charge is -2.10. The smallest absolute Gasteiger partial charge is 0.322 e. The largest absolute Gasteiger partial charge is 0.416 e. The maximum Gasteiger partial charge on any atom is 0.416 e. The van der Waals surface area contributed by atoms with Crippen molar-refractivity contribution in [3.05, 3.63) is 64.7 Å². The number of carbonyl (C=O) groups is 1. The maximum absolute atomic E-state index is 12.7. The van der Waals surface area contributed by atoms with Gasteiger partial charge in [-0.05, 0) is 29.3 Å². The van der Waals surface area contributed by atoms with Crippen LogP contribution in [0.3, 0.4) is 0 Å². The van der Waals surface area contributed by atoms with Crippen molar-refractivity contribution in [2.24, 2.45) is 0 Å². The zero-order chi connectivity index (χ0) is 14.3. The van der Waals surface area contributed by atoms with Gasteiger partial charge in [-0.2, -0.15) is 13.2 Å². The third-order valence-corrected chi connectivity index (χ3v) is 3.33. The summed E-state index contributed by atoms with van der Waals surface area (Å²) in [6.45, 7) is 0. The maximum atomic E-state index is 12.7. The average Bonchev–Trinajstić information content (AvgIpc) is 2.53. The van der Waals surface area contributed by atoms with Crippen molar-refractivity contribution in [3.63, 3.8) is 0 Å². The molecule has 0 fully saturated rings. The minimum Gasteiger partial charge on any atom is -0.322 e. The summed E-state index contributed by atoms with van der Waals surface area (Å²) in [6.07, 6.45) is -4.02. The molecule has 2 aromatic rings. The third kappa shape index (κ3) is 2.15. The molecular weight excluding hydrogens is 267 g/mol. The van der Waals surface area contributed by atoms with Crippen LogP contribution in [0.2, 0.25) is 0 Å². The zero-order valence-corrected chi connectivity index (χ0v) is 10.3. The monoisotopic (exact) mass is 277 g/mol. The quantitative estimate of drug-likeness (QED) is 0.778. The molecule has 0 unspecified atom stereocenters. The molecule has 0 spiro atoms. The molecule has 2 aromatic carbocycles. The number of para-hydroxylation sites is 1. The van der Waals surface area contributed by atoms with Gasteiger partial charge in [-0.3, -0.25) is 4.79 Å². The lowest BCUT2D eigenvalue weighted by atomic mass is 9.98. The van der Waals surface area contributed by atoms with Gasteiger partial charge in [-0.1, -0.05) is 24.3 Å². The van der Waals surface area contributed by atoms with Gasteiger partial charge in [0.25, 0.3) is 5.91 Å². The Morgan fingerprint density at radius 3 is 2.50 bits per heavy atom. The van der Waals surface area contributed by atoms with Crippen LogP contribution >= 0.6 is 0 Å². The first-order chi connectivity index (χ1) is 9.45. The van der Waals surface area contributed by atoms with E-state index in [1.807, 2.05) is 12.1 Å². The highest BCUT2D eigenvalue weighted by Crippen LogP contribution is 2.33. The zero-order valence-electron chi connectivity index (χ0n) is 10.3. The number of nitrogens with one attached hydrogen (secondary N) is 1. The highest BCUT2D eigenvalue weighted by molar-refractivity contribution is 6.06. The number of rotatable bonds is 0. The molecule has 1 aliphatic heterocycles. The first kappa shape index (κ1) is 12.7. The van der Waals surface area contributed by atoms with Gasteiger partial charge >= 0.3 is 6.18 Å². The normalized spacial score (nSPS) is 14.1. The van der Waals surface area contributed by atoms with Gasteiger partial charge in [0, 0.05) is 17.7 Å². The highest BCUT2D eigenvalue weighted by atomic mass is 19.4. The number of anilines is 1. The molecule has 0 radical (unpaired) electrons. The van der Waals surface area contributed by atoms with Crippen molar-refractivity contribution < 1.29 is 18.0 Å². The fraction of sp³-hybridized carbons (Fsp3) is 0.133. The molecule has 0 saturated carbocycles. The van der Waals surface area contributed by atoms with Crippen LogP contribution in [0.1, 0.15) is 27.0 Å². The van der Waals surface area contributed by atoms with E-state index in [1.165, 1.54) is 6.07 Å². The van der Waals surface area contributed by atoms with Gasteiger partial charge in [-0.15, -0.1) is 0 Å². The molecule has 0 bridgehead atoms. The van der Waals surface area contributed by atoms with Crippen molar-refractivity contribution in [1.29, 1.82) is 0 Å². The Kier molecular flexibility index (Phi) is 2.78. The molecule has 1 heterocycles. The van der Waals surface area contributed by atoms with E-state index in [0.717, 1.165) is 17.7 Å². The van der Waals surface area contributed by atoms with Crippen LogP contribution in [-0.2, 0) is 12.6 Å². The third-order valence-electron chi connectivity index (χ3n) is 3.33. The molecule has 0 atom stereocenters. The van der Waals surface area contributed by atoms with Crippen LogP contribution in [0.5, 0.6) is 0 Å². The number of hydrogen-bond donors (Lipinski definition) is 1. The van der Waals surface area contributed by atoms with Crippen molar-refractivity contribution in [1.82, 2.24) is 0 Å². The van der Waals surface area contributed by atoms with Gasteiger partial charge < -0.3 is 5.32 Å².